The van der Waals surface area contributed by atoms with Gasteiger partial charge >= 0.3 is 5.97 Å². The van der Waals surface area contributed by atoms with Crippen molar-refractivity contribution in [2.45, 2.75) is 33.1 Å². The Morgan fingerprint density at radius 2 is 2.00 bits per heavy atom. The topological polar surface area (TPSA) is 40.5 Å². The number of carboxylic acids is 1. The van der Waals surface area contributed by atoms with E-state index in [2.05, 4.69) is 33.0 Å². The van der Waals surface area contributed by atoms with Crippen LogP contribution in [-0.4, -0.2) is 24.2 Å². The van der Waals surface area contributed by atoms with Crippen LogP contribution >= 0.6 is 15.9 Å². The summed E-state index contributed by atoms with van der Waals surface area (Å²) in [6.07, 6.45) is 3.04. The first kappa shape index (κ1) is 14.4. The Kier molecular flexibility index (Phi) is 4.19. The van der Waals surface area contributed by atoms with Gasteiger partial charge in [-0.15, -0.1) is 0 Å². The van der Waals surface area contributed by atoms with Gasteiger partial charge in [-0.3, -0.25) is 4.79 Å². The largest absolute Gasteiger partial charge is 0.481 e. The third-order valence-corrected chi connectivity index (χ3v) is 4.32. The number of anilines is 1. The smallest absolute Gasteiger partial charge is 0.309 e. The number of rotatable bonds is 4. The number of aliphatic carboxylic acids is 1. The molecule has 0 atom stereocenters. The number of hydrogen-bond donors (Lipinski definition) is 1. The summed E-state index contributed by atoms with van der Waals surface area (Å²) in [5.41, 5.74) is 1.55. The molecule has 0 bridgehead atoms. The molecule has 4 heteroatoms. The van der Waals surface area contributed by atoms with Crippen molar-refractivity contribution in [3.8, 4) is 0 Å². The molecule has 104 valence electrons. The second kappa shape index (κ2) is 5.53. The van der Waals surface area contributed by atoms with Gasteiger partial charge in [0.15, 0.2) is 0 Å². The van der Waals surface area contributed by atoms with Crippen LogP contribution in [0.4, 0.5) is 5.69 Å². The summed E-state index contributed by atoms with van der Waals surface area (Å²) < 4.78 is 1.06. The van der Waals surface area contributed by atoms with Gasteiger partial charge in [-0.05, 0) is 66.7 Å². The number of nitrogens with zero attached hydrogens (tertiary/aromatic N) is 1. The van der Waals surface area contributed by atoms with Crippen molar-refractivity contribution in [3.05, 3.63) is 28.2 Å². The summed E-state index contributed by atoms with van der Waals surface area (Å²) >= 11 is 3.61. The molecule has 1 heterocycles. The van der Waals surface area contributed by atoms with E-state index >= 15 is 0 Å². The van der Waals surface area contributed by atoms with Crippen molar-refractivity contribution in [2.75, 3.05) is 18.0 Å². The van der Waals surface area contributed by atoms with E-state index in [4.69, 9.17) is 0 Å². The molecule has 1 N–H and O–H groups in total. The Morgan fingerprint density at radius 1 is 1.37 bits per heavy atom. The SMILES string of the molecule is CC(C)(Cc1ccc(N2CCCC2)c(Br)c1)C(=O)O. The first-order valence-corrected chi connectivity index (χ1v) is 7.46. The van der Waals surface area contributed by atoms with Crippen molar-refractivity contribution < 1.29 is 9.90 Å². The number of benzene rings is 1. The fraction of sp³-hybridized carbons (Fsp3) is 0.533. The number of hydrogen-bond acceptors (Lipinski definition) is 2. The third kappa shape index (κ3) is 3.30. The lowest BCUT2D eigenvalue weighted by Gasteiger charge is -2.22. The van der Waals surface area contributed by atoms with Crippen LogP contribution in [0, 0.1) is 5.41 Å². The first-order chi connectivity index (χ1) is 8.90. The number of carboxylic acid groups (broad SMARTS) is 1. The van der Waals surface area contributed by atoms with Crippen molar-refractivity contribution in [3.63, 3.8) is 0 Å². The maximum absolute atomic E-state index is 11.2. The van der Waals surface area contributed by atoms with Gasteiger partial charge in [0.25, 0.3) is 0 Å². The molecular weight excluding hydrogens is 306 g/mol. The Morgan fingerprint density at radius 3 is 2.53 bits per heavy atom. The second-order valence-electron chi connectivity index (χ2n) is 5.85. The zero-order chi connectivity index (χ0) is 14.0. The molecule has 0 spiro atoms. The average molecular weight is 326 g/mol. The maximum atomic E-state index is 11.2. The minimum Gasteiger partial charge on any atom is -0.481 e. The highest BCUT2D eigenvalue weighted by atomic mass is 79.9. The molecule has 0 saturated carbocycles. The zero-order valence-electron chi connectivity index (χ0n) is 11.4. The fourth-order valence-corrected chi connectivity index (χ4v) is 3.14. The van der Waals surface area contributed by atoms with Crippen LogP contribution in [-0.2, 0) is 11.2 Å². The molecule has 1 aromatic rings. The van der Waals surface area contributed by atoms with Gasteiger partial charge in [0, 0.05) is 17.6 Å². The minimum atomic E-state index is -0.757. The van der Waals surface area contributed by atoms with Crippen LogP contribution in [0.5, 0.6) is 0 Å². The lowest BCUT2D eigenvalue weighted by molar-refractivity contribution is -0.146. The van der Waals surface area contributed by atoms with Crippen LogP contribution < -0.4 is 4.90 Å². The molecule has 1 aliphatic heterocycles. The highest BCUT2D eigenvalue weighted by Gasteiger charge is 2.27. The van der Waals surface area contributed by atoms with Gasteiger partial charge in [0.2, 0.25) is 0 Å². The van der Waals surface area contributed by atoms with Crippen molar-refractivity contribution in [2.24, 2.45) is 5.41 Å². The van der Waals surface area contributed by atoms with Gasteiger partial charge in [0.1, 0.15) is 0 Å². The predicted molar refractivity (Wildman–Crippen MR) is 80.7 cm³/mol. The quantitative estimate of drug-likeness (QED) is 0.917. The zero-order valence-corrected chi connectivity index (χ0v) is 13.0. The van der Waals surface area contributed by atoms with Crippen LogP contribution in [0.2, 0.25) is 0 Å². The molecule has 2 rings (SSSR count). The van der Waals surface area contributed by atoms with Crippen molar-refractivity contribution in [1.29, 1.82) is 0 Å². The third-order valence-electron chi connectivity index (χ3n) is 3.68. The highest BCUT2D eigenvalue weighted by Crippen LogP contribution is 2.32. The average Bonchev–Trinajstić information content (AvgIpc) is 2.81. The Bertz CT molecular complexity index is 479. The predicted octanol–water partition coefficient (Wildman–Crippen LogP) is 3.70. The number of halogens is 1. The highest BCUT2D eigenvalue weighted by molar-refractivity contribution is 9.10. The summed E-state index contributed by atoms with van der Waals surface area (Å²) in [5.74, 6) is -0.757. The molecule has 0 aromatic heterocycles. The Hall–Kier alpha value is -1.03. The molecule has 3 nitrogen and oxygen atoms in total. The summed E-state index contributed by atoms with van der Waals surface area (Å²) in [5, 5.41) is 9.18. The van der Waals surface area contributed by atoms with E-state index in [1.54, 1.807) is 13.8 Å². The van der Waals surface area contributed by atoms with Gasteiger partial charge in [-0.1, -0.05) is 6.07 Å². The van der Waals surface area contributed by atoms with E-state index < -0.39 is 11.4 Å². The number of carbonyl (C=O) groups is 1. The molecular formula is C15H20BrNO2. The first-order valence-electron chi connectivity index (χ1n) is 6.67. The normalized spacial score (nSPS) is 15.8. The molecule has 0 aliphatic carbocycles. The second-order valence-corrected chi connectivity index (χ2v) is 6.70. The molecule has 1 saturated heterocycles. The van der Waals surface area contributed by atoms with E-state index in [0.717, 1.165) is 23.1 Å². The lowest BCUT2D eigenvalue weighted by atomic mass is 9.86. The monoisotopic (exact) mass is 325 g/mol. The molecule has 1 aliphatic rings. The maximum Gasteiger partial charge on any atom is 0.309 e. The van der Waals surface area contributed by atoms with E-state index in [0.29, 0.717) is 6.42 Å². The van der Waals surface area contributed by atoms with Gasteiger partial charge < -0.3 is 10.0 Å². The van der Waals surface area contributed by atoms with Crippen LogP contribution in [0.1, 0.15) is 32.3 Å². The summed E-state index contributed by atoms with van der Waals surface area (Å²) in [7, 11) is 0. The summed E-state index contributed by atoms with van der Waals surface area (Å²) in [6.45, 7) is 5.74. The standard InChI is InChI=1S/C15H20BrNO2/c1-15(2,14(18)19)10-11-5-6-13(12(16)9-11)17-7-3-4-8-17/h5-6,9H,3-4,7-8,10H2,1-2H3,(H,18,19). The lowest BCUT2D eigenvalue weighted by Crippen LogP contribution is -2.26. The van der Waals surface area contributed by atoms with Crippen molar-refractivity contribution in [1.82, 2.24) is 0 Å². The van der Waals surface area contributed by atoms with Crippen LogP contribution in [0.15, 0.2) is 22.7 Å². The molecule has 1 aromatic carbocycles. The van der Waals surface area contributed by atoms with Gasteiger partial charge in [-0.25, -0.2) is 0 Å². The van der Waals surface area contributed by atoms with Crippen molar-refractivity contribution >= 4 is 27.6 Å². The van der Waals surface area contributed by atoms with E-state index in [-0.39, 0.29) is 0 Å². The van der Waals surface area contributed by atoms with Gasteiger partial charge in [0.05, 0.1) is 11.1 Å². The van der Waals surface area contributed by atoms with Gasteiger partial charge in [-0.2, -0.15) is 0 Å². The van der Waals surface area contributed by atoms with E-state index in [9.17, 15) is 9.90 Å². The Balaban J connectivity index is 2.17. The molecule has 0 radical (unpaired) electrons. The molecule has 0 amide bonds. The van der Waals surface area contributed by atoms with Crippen LogP contribution in [0.3, 0.4) is 0 Å². The molecule has 0 unspecified atom stereocenters. The fourth-order valence-electron chi connectivity index (χ4n) is 2.46. The molecule has 1 fully saturated rings. The minimum absolute atomic E-state index is 0.543. The van der Waals surface area contributed by atoms with E-state index in [1.807, 2.05) is 6.07 Å². The Labute approximate surface area is 122 Å². The molecule has 19 heavy (non-hydrogen) atoms. The van der Waals surface area contributed by atoms with Crippen LogP contribution in [0.25, 0.3) is 0 Å². The summed E-state index contributed by atoms with van der Waals surface area (Å²) in [6, 6.07) is 6.20. The van der Waals surface area contributed by atoms with E-state index in [1.165, 1.54) is 18.5 Å². The summed E-state index contributed by atoms with van der Waals surface area (Å²) in [4.78, 5) is 13.5.